The molecule has 6 heteroatoms. The Morgan fingerprint density at radius 3 is 2.82 bits per heavy atom. The van der Waals surface area contributed by atoms with Crippen molar-refractivity contribution in [2.75, 3.05) is 39.4 Å². The van der Waals surface area contributed by atoms with Gasteiger partial charge in [-0.15, -0.1) is 0 Å². The highest BCUT2D eigenvalue weighted by molar-refractivity contribution is 5.66. The fourth-order valence-electron chi connectivity index (χ4n) is 1.61. The molecule has 0 aromatic heterocycles. The van der Waals surface area contributed by atoms with E-state index >= 15 is 0 Å². The second-order valence-corrected chi connectivity index (χ2v) is 4.06. The molecule has 1 heterocycles. The normalized spacial score (nSPS) is 18.0. The van der Waals surface area contributed by atoms with Gasteiger partial charge < -0.3 is 20.9 Å². The van der Waals surface area contributed by atoms with Crippen LogP contribution < -0.4 is 11.1 Å². The van der Waals surface area contributed by atoms with Crippen molar-refractivity contribution in [1.29, 1.82) is 0 Å². The summed E-state index contributed by atoms with van der Waals surface area (Å²) >= 11 is 0. The molecular weight excluding hydrogens is 222 g/mol. The van der Waals surface area contributed by atoms with E-state index in [1.807, 2.05) is 0 Å². The maximum atomic E-state index is 10.3. The Morgan fingerprint density at radius 1 is 1.47 bits per heavy atom. The van der Waals surface area contributed by atoms with Crippen LogP contribution in [-0.2, 0) is 9.53 Å². The van der Waals surface area contributed by atoms with Gasteiger partial charge in [0.15, 0.2) is 0 Å². The Morgan fingerprint density at radius 2 is 2.18 bits per heavy atom. The first-order valence-corrected chi connectivity index (χ1v) is 5.88. The van der Waals surface area contributed by atoms with Gasteiger partial charge in [-0.25, -0.2) is 0 Å². The lowest BCUT2D eigenvalue weighted by molar-refractivity contribution is -0.137. The molecule has 0 radical (unpaired) electrons. The predicted octanol–water partition coefficient (Wildman–Crippen LogP) is -0.427. The Bertz CT molecular complexity index is 263. The second kappa shape index (κ2) is 7.92. The van der Waals surface area contributed by atoms with Gasteiger partial charge in [0, 0.05) is 44.5 Å². The van der Waals surface area contributed by atoms with E-state index < -0.39 is 5.97 Å². The molecule has 0 saturated carbocycles. The molecule has 98 valence electrons. The fraction of sp³-hybridized carbons (Fsp3) is 0.727. The Kier molecular flexibility index (Phi) is 6.42. The number of morpholine rings is 1. The number of ether oxygens (including phenoxy) is 1. The Labute approximate surface area is 101 Å². The first-order chi connectivity index (χ1) is 8.18. The highest BCUT2D eigenvalue weighted by atomic mass is 16.5. The minimum absolute atomic E-state index is 0.185. The third-order valence-electron chi connectivity index (χ3n) is 2.51. The fourth-order valence-corrected chi connectivity index (χ4v) is 1.61. The zero-order chi connectivity index (χ0) is 12.5. The summed E-state index contributed by atoms with van der Waals surface area (Å²) in [4.78, 5) is 12.5. The molecule has 1 fully saturated rings. The number of rotatable bonds is 7. The van der Waals surface area contributed by atoms with E-state index in [1.54, 1.807) is 6.20 Å². The lowest BCUT2D eigenvalue weighted by Crippen LogP contribution is -2.38. The minimum atomic E-state index is -0.767. The van der Waals surface area contributed by atoms with Crippen molar-refractivity contribution >= 4 is 5.97 Å². The van der Waals surface area contributed by atoms with Crippen molar-refractivity contribution in [2.45, 2.75) is 12.8 Å². The average molecular weight is 243 g/mol. The van der Waals surface area contributed by atoms with E-state index in [2.05, 4.69) is 10.2 Å². The van der Waals surface area contributed by atoms with Crippen LogP contribution in [0.15, 0.2) is 11.9 Å². The predicted molar refractivity (Wildman–Crippen MR) is 64.4 cm³/mol. The van der Waals surface area contributed by atoms with Gasteiger partial charge in [-0.1, -0.05) is 0 Å². The second-order valence-electron chi connectivity index (χ2n) is 4.06. The average Bonchev–Trinajstić information content (AvgIpc) is 2.29. The number of carbonyl (C=O) groups is 1. The summed E-state index contributed by atoms with van der Waals surface area (Å²) in [5.41, 5.74) is 6.61. The van der Waals surface area contributed by atoms with Crippen LogP contribution in [0.1, 0.15) is 12.8 Å². The van der Waals surface area contributed by atoms with Crippen LogP contribution in [0.4, 0.5) is 0 Å². The zero-order valence-corrected chi connectivity index (χ0v) is 10.0. The first-order valence-electron chi connectivity index (χ1n) is 5.88. The molecule has 6 nitrogen and oxygen atoms in total. The van der Waals surface area contributed by atoms with E-state index in [1.165, 1.54) is 0 Å². The van der Waals surface area contributed by atoms with Crippen LogP contribution >= 0.6 is 0 Å². The molecule has 0 aromatic carbocycles. The van der Waals surface area contributed by atoms with Gasteiger partial charge in [-0.05, 0) is 6.42 Å². The van der Waals surface area contributed by atoms with Gasteiger partial charge in [-0.3, -0.25) is 9.69 Å². The van der Waals surface area contributed by atoms with Gasteiger partial charge in [0.2, 0.25) is 0 Å². The SMILES string of the molecule is N/C(=C\NCCCC(=O)O)CN1CCOCC1. The summed E-state index contributed by atoms with van der Waals surface area (Å²) in [6.45, 7) is 4.71. The van der Waals surface area contributed by atoms with Crippen LogP contribution in [0.2, 0.25) is 0 Å². The molecule has 0 aromatic rings. The summed E-state index contributed by atoms with van der Waals surface area (Å²) in [6.07, 6.45) is 2.55. The van der Waals surface area contributed by atoms with E-state index in [9.17, 15) is 4.79 Å². The van der Waals surface area contributed by atoms with Crippen LogP contribution in [0.5, 0.6) is 0 Å². The van der Waals surface area contributed by atoms with Gasteiger partial charge in [0.1, 0.15) is 0 Å². The molecule has 17 heavy (non-hydrogen) atoms. The van der Waals surface area contributed by atoms with Crippen molar-refractivity contribution < 1.29 is 14.6 Å². The number of nitrogens with zero attached hydrogens (tertiary/aromatic N) is 1. The molecule has 1 aliphatic heterocycles. The molecule has 0 unspecified atom stereocenters. The summed E-state index contributed by atoms with van der Waals surface area (Å²) < 4.78 is 5.24. The summed E-state index contributed by atoms with van der Waals surface area (Å²) in [5.74, 6) is -0.767. The molecule has 4 N–H and O–H groups in total. The number of hydrogen-bond donors (Lipinski definition) is 3. The maximum absolute atomic E-state index is 10.3. The molecule has 0 bridgehead atoms. The van der Waals surface area contributed by atoms with Crippen LogP contribution in [0.3, 0.4) is 0 Å². The smallest absolute Gasteiger partial charge is 0.303 e. The zero-order valence-electron chi connectivity index (χ0n) is 10.0. The molecule has 0 atom stereocenters. The molecule has 0 aliphatic carbocycles. The lowest BCUT2D eigenvalue weighted by Gasteiger charge is -2.26. The highest BCUT2D eigenvalue weighted by Crippen LogP contribution is 1.98. The number of aliphatic carboxylic acids is 1. The van der Waals surface area contributed by atoms with Crippen molar-refractivity contribution in [2.24, 2.45) is 5.73 Å². The number of hydrogen-bond acceptors (Lipinski definition) is 5. The molecule has 0 amide bonds. The summed E-state index contributed by atoms with van der Waals surface area (Å²) in [6, 6.07) is 0. The summed E-state index contributed by atoms with van der Waals surface area (Å²) in [5, 5.41) is 11.5. The lowest BCUT2D eigenvalue weighted by atomic mass is 10.3. The number of nitrogens with two attached hydrogens (primary N) is 1. The number of carboxylic acid groups (broad SMARTS) is 1. The van der Waals surface area contributed by atoms with E-state index in [0.29, 0.717) is 13.0 Å². The van der Waals surface area contributed by atoms with E-state index in [0.717, 1.165) is 38.5 Å². The number of carboxylic acids is 1. The minimum Gasteiger partial charge on any atom is -0.481 e. The first kappa shape index (κ1) is 13.8. The van der Waals surface area contributed by atoms with Gasteiger partial charge >= 0.3 is 5.97 Å². The quantitative estimate of drug-likeness (QED) is 0.526. The van der Waals surface area contributed by atoms with Crippen molar-refractivity contribution in [3.05, 3.63) is 11.9 Å². The highest BCUT2D eigenvalue weighted by Gasteiger charge is 2.10. The van der Waals surface area contributed by atoms with Gasteiger partial charge in [-0.2, -0.15) is 0 Å². The largest absolute Gasteiger partial charge is 0.481 e. The topological polar surface area (TPSA) is 87.8 Å². The van der Waals surface area contributed by atoms with E-state index in [-0.39, 0.29) is 6.42 Å². The van der Waals surface area contributed by atoms with Crippen LogP contribution in [-0.4, -0.2) is 55.4 Å². The summed E-state index contributed by atoms with van der Waals surface area (Å²) in [7, 11) is 0. The molecule has 1 saturated heterocycles. The number of nitrogens with one attached hydrogen (secondary N) is 1. The molecule has 1 rings (SSSR count). The Balaban J connectivity index is 2.09. The standard InChI is InChI=1S/C11H21N3O3/c12-10(8-13-3-1-2-11(15)16)9-14-4-6-17-7-5-14/h8,13H,1-7,9,12H2,(H,15,16)/b10-8-. The van der Waals surface area contributed by atoms with E-state index in [4.69, 9.17) is 15.6 Å². The van der Waals surface area contributed by atoms with Gasteiger partial charge in [0.25, 0.3) is 0 Å². The van der Waals surface area contributed by atoms with Crippen molar-refractivity contribution in [3.63, 3.8) is 0 Å². The van der Waals surface area contributed by atoms with Crippen molar-refractivity contribution in [1.82, 2.24) is 10.2 Å². The maximum Gasteiger partial charge on any atom is 0.303 e. The van der Waals surface area contributed by atoms with Crippen molar-refractivity contribution in [3.8, 4) is 0 Å². The van der Waals surface area contributed by atoms with Crippen LogP contribution in [0.25, 0.3) is 0 Å². The van der Waals surface area contributed by atoms with Gasteiger partial charge in [0.05, 0.1) is 13.2 Å². The Hall–Kier alpha value is -1.27. The molecular formula is C11H21N3O3. The van der Waals surface area contributed by atoms with Crippen LogP contribution in [0, 0.1) is 0 Å². The third-order valence-corrected chi connectivity index (χ3v) is 2.51. The monoisotopic (exact) mass is 243 g/mol. The third kappa shape index (κ3) is 6.80. The molecule has 1 aliphatic rings. The molecule has 0 spiro atoms.